The second-order valence-electron chi connectivity index (χ2n) is 5.63. The summed E-state index contributed by atoms with van der Waals surface area (Å²) in [7, 11) is 0. The van der Waals surface area contributed by atoms with E-state index in [0.29, 0.717) is 5.69 Å². The van der Waals surface area contributed by atoms with Crippen LogP contribution in [0.5, 0.6) is 0 Å². The Labute approximate surface area is 127 Å². The first kappa shape index (κ1) is 13.0. The SMILES string of the molecule is O=C(c1n[nH]c2c1CNCC2)N1CCCC1c1cccs1. The zero-order valence-electron chi connectivity index (χ0n) is 11.8. The van der Waals surface area contributed by atoms with Crippen LogP contribution >= 0.6 is 11.3 Å². The number of rotatable bonds is 2. The van der Waals surface area contributed by atoms with Gasteiger partial charge >= 0.3 is 0 Å². The minimum Gasteiger partial charge on any atom is -0.329 e. The van der Waals surface area contributed by atoms with Crippen molar-refractivity contribution in [2.75, 3.05) is 13.1 Å². The quantitative estimate of drug-likeness (QED) is 0.893. The van der Waals surface area contributed by atoms with Crippen molar-refractivity contribution in [2.45, 2.75) is 31.8 Å². The molecule has 0 saturated carbocycles. The molecule has 1 saturated heterocycles. The van der Waals surface area contributed by atoms with Gasteiger partial charge in [0.2, 0.25) is 0 Å². The van der Waals surface area contributed by atoms with Crippen molar-refractivity contribution in [1.29, 1.82) is 0 Å². The van der Waals surface area contributed by atoms with Crippen LogP contribution in [-0.2, 0) is 13.0 Å². The molecule has 1 fully saturated rings. The minimum absolute atomic E-state index is 0.0760. The van der Waals surface area contributed by atoms with Crippen molar-refractivity contribution >= 4 is 17.2 Å². The van der Waals surface area contributed by atoms with Gasteiger partial charge in [0.15, 0.2) is 5.69 Å². The van der Waals surface area contributed by atoms with Gasteiger partial charge in [-0.1, -0.05) is 6.07 Å². The van der Waals surface area contributed by atoms with Gasteiger partial charge < -0.3 is 10.2 Å². The fourth-order valence-electron chi connectivity index (χ4n) is 3.32. The molecule has 0 radical (unpaired) electrons. The molecule has 2 aromatic heterocycles. The van der Waals surface area contributed by atoms with Crippen LogP contribution in [0.1, 0.15) is 45.5 Å². The first-order chi connectivity index (χ1) is 10.3. The largest absolute Gasteiger partial charge is 0.329 e. The fraction of sp³-hybridized carbons (Fsp3) is 0.467. The molecule has 0 bridgehead atoms. The van der Waals surface area contributed by atoms with Crippen LogP contribution in [0.25, 0.3) is 0 Å². The van der Waals surface area contributed by atoms with E-state index in [1.807, 2.05) is 4.90 Å². The van der Waals surface area contributed by atoms with Crippen LogP contribution in [0.3, 0.4) is 0 Å². The predicted octanol–water partition coefficient (Wildman–Crippen LogP) is 2.09. The number of carbonyl (C=O) groups is 1. The summed E-state index contributed by atoms with van der Waals surface area (Å²) in [5, 5.41) is 12.8. The van der Waals surface area contributed by atoms with E-state index in [0.717, 1.165) is 50.2 Å². The molecule has 1 atom stereocenters. The van der Waals surface area contributed by atoms with E-state index in [1.165, 1.54) is 4.88 Å². The third kappa shape index (κ3) is 2.18. The number of thiophene rings is 1. The normalized spacial score (nSPS) is 21.5. The third-order valence-electron chi connectivity index (χ3n) is 4.39. The van der Waals surface area contributed by atoms with Crippen LogP contribution < -0.4 is 5.32 Å². The highest BCUT2D eigenvalue weighted by Crippen LogP contribution is 2.35. The van der Waals surface area contributed by atoms with E-state index in [9.17, 15) is 4.79 Å². The summed E-state index contributed by atoms with van der Waals surface area (Å²) in [6.07, 6.45) is 3.04. The summed E-state index contributed by atoms with van der Waals surface area (Å²) in [6, 6.07) is 4.41. The second-order valence-corrected chi connectivity index (χ2v) is 6.61. The number of hydrogen-bond acceptors (Lipinski definition) is 4. The van der Waals surface area contributed by atoms with Gasteiger partial charge in [-0.15, -0.1) is 11.3 Å². The van der Waals surface area contributed by atoms with Crippen LogP contribution in [0.2, 0.25) is 0 Å². The lowest BCUT2D eigenvalue weighted by Crippen LogP contribution is -2.32. The first-order valence-electron chi connectivity index (χ1n) is 7.46. The number of aromatic amines is 1. The summed E-state index contributed by atoms with van der Waals surface area (Å²) < 4.78 is 0. The van der Waals surface area contributed by atoms with Crippen molar-refractivity contribution in [3.63, 3.8) is 0 Å². The lowest BCUT2D eigenvalue weighted by Gasteiger charge is -2.24. The van der Waals surface area contributed by atoms with E-state index >= 15 is 0 Å². The number of H-pyrrole nitrogens is 1. The van der Waals surface area contributed by atoms with Gasteiger partial charge in [0.05, 0.1) is 6.04 Å². The Bertz CT molecular complexity index is 649. The number of amides is 1. The van der Waals surface area contributed by atoms with Crippen LogP contribution in [-0.4, -0.2) is 34.1 Å². The first-order valence-corrected chi connectivity index (χ1v) is 8.34. The summed E-state index contributed by atoms with van der Waals surface area (Å²) in [5.74, 6) is 0.0760. The smallest absolute Gasteiger partial charge is 0.275 e. The number of likely N-dealkylation sites (tertiary alicyclic amines) is 1. The van der Waals surface area contributed by atoms with E-state index in [1.54, 1.807) is 11.3 Å². The molecule has 2 aliphatic heterocycles. The van der Waals surface area contributed by atoms with Gasteiger partial charge in [-0.3, -0.25) is 9.89 Å². The van der Waals surface area contributed by atoms with E-state index in [2.05, 4.69) is 33.0 Å². The Kier molecular flexibility index (Phi) is 3.27. The molecule has 2 N–H and O–H groups in total. The maximum absolute atomic E-state index is 12.9. The Balaban J connectivity index is 1.63. The maximum atomic E-state index is 12.9. The fourth-order valence-corrected chi connectivity index (χ4v) is 4.20. The highest BCUT2D eigenvalue weighted by Gasteiger charge is 2.34. The van der Waals surface area contributed by atoms with Gasteiger partial charge in [-0.2, -0.15) is 5.10 Å². The predicted molar refractivity (Wildman–Crippen MR) is 81.3 cm³/mol. The van der Waals surface area contributed by atoms with E-state index < -0.39 is 0 Å². The van der Waals surface area contributed by atoms with Crippen LogP contribution in [0, 0.1) is 0 Å². The molecule has 1 amide bonds. The summed E-state index contributed by atoms with van der Waals surface area (Å²) >= 11 is 1.73. The molecule has 2 aromatic rings. The van der Waals surface area contributed by atoms with Gasteiger partial charge in [0.25, 0.3) is 5.91 Å². The topological polar surface area (TPSA) is 61.0 Å². The van der Waals surface area contributed by atoms with Crippen LogP contribution in [0.4, 0.5) is 0 Å². The minimum atomic E-state index is 0.0760. The molecule has 5 nitrogen and oxygen atoms in total. The van der Waals surface area contributed by atoms with Crippen molar-refractivity contribution in [3.05, 3.63) is 39.3 Å². The molecule has 0 spiro atoms. The average Bonchev–Trinajstić information content (AvgIpc) is 3.25. The molecule has 21 heavy (non-hydrogen) atoms. The number of nitrogens with zero attached hydrogens (tertiary/aromatic N) is 2. The highest BCUT2D eigenvalue weighted by molar-refractivity contribution is 7.10. The Hall–Kier alpha value is -1.66. The molecule has 0 aliphatic carbocycles. The average molecular weight is 302 g/mol. The molecule has 4 heterocycles. The molecule has 2 aliphatic rings. The third-order valence-corrected chi connectivity index (χ3v) is 5.37. The summed E-state index contributed by atoms with van der Waals surface area (Å²) in [5.41, 5.74) is 2.78. The van der Waals surface area contributed by atoms with Gasteiger partial charge in [0, 0.05) is 42.2 Å². The lowest BCUT2D eigenvalue weighted by molar-refractivity contribution is 0.0730. The second kappa shape index (κ2) is 5.27. The molecule has 6 heteroatoms. The van der Waals surface area contributed by atoms with E-state index in [4.69, 9.17) is 0 Å². The van der Waals surface area contributed by atoms with Crippen molar-refractivity contribution in [2.24, 2.45) is 0 Å². The molecule has 1 unspecified atom stereocenters. The molecule has 4 rings (SSSR count). The molecular weight excluding hydrogens is 284 g/mol. The van der Waals surface area contributed by atoms with Gasteiger partial charge in [-0.25, -0.2) is 0 Å². The van der Waals surface area contributed by atoms with Gasteiger partial charge in [-0.05, 0) is 24.3 Å². The summed E-state index contributed by atoms with van der Waals surface area (Å²) in [6.45, 7) is 2.52. The summed E-state index contributed by atoms with van der Waals surface area (Å²) in [4.78, 5) is 16.2. The van der Waals surface area contributed by atoms with Gasteiger partial charge in [0.1, 0.15) is 0 Å². The molecule has 110 valence electrons. The monoisotopic (exact) mass is 302 g/mol. The molecule has 0 aromatic carbocycles. The standard InChI is InChI=1S/C15H18N4OS/c20-15(14-10-9-16-6-5-11(10)17-18-14)19-7-1-3-12(19)13-4-2-8-21-13/h2,4,8,12,16H,1,3,5-7,9H2,(H,17,18). The number of hydrogen-bond donors (Lipinski definition) is 2. The van der Waals surface area contributed by atoms with Crippen molar-refractivity contribution in [3.8, 4) is 0 Å². The van der Waals surface area contributed by atoms with Crippen molar-refractivity contribution < 1.29 is 4.79 Å². The number of nitrogens with one attached hydrogen (secondary N) is 2. The number of aromatic nitrogens is 2. The zero-order chi connectivity index (χ0) is 14.2. The highest BCUT2D eigenvalue weighted by atomic mass is 32.1. The lowest BCUT2D eigenvalue weighted by atomic mass is 10.1. The number of carbonyl (C=O) groups excluding carboxylic acids is 1. The Morgan fingerprint density at radius 1 is 1.48 bits per heavy atom. The van der Waals surface area contributed by atoms with Crippen LogP contribution in [0.15, 0.2) is 17.5 Å². The zero-order valence-corrected chi connectivity index (χ0v) is 12.6. The maximum Gasteiger partial charge on any atom is 0.275 e. The Morgan fingerprint density at radius 3 is 3.29 bits per heavy atom. The van der Waals surface area contributed by atoms with E-state index in [-0.39, 0.29) is 11.9 Å². The Morgan fingerprint density at radius 2 is 2.43 bits per heavy atom. The number of fused-ring (bicyclic) bond motifs is 1. The van der Waals surface area contributed by atoms with Crippen molar-refractivity contribution in [1.82, 2.24) is 20.4 Å². The molecular formula is C15H18N4OS.